The van der Waals surface area contributed by atoms with Crippen molar-refractivity contribution in [2.45, 2.75) is 44.7 Å². The van der Waals surface area contributed by atoms with Crippen LogP contribution in [0.4, 0.5) is 0 Å². The Bertz CT molecular complexity index is 170. The van der Waals surface area contributed by atoms with E-state index >= 15 is 0 Å². The summed E-state index contributed by atoms with van der Waals surface area (Å²) in [4.78, 5) is 4.95. The zero-order chi connectivity index (χ0) is 11.3. The first-order chi connectivity index (χ1) is 7.19. The fourth-order valence-electron chi connectivity index (χ4n) is 2.52. The molecule has 0 aromatic heterocycles. The van der Waals surface area contributed by atoms with Gasteiger partial charge in [-0.2, -0.15) is 0 Å². The molecule has 0 spiro atoms. The average Bonchev–Trinajstić information content (AvgIpc) is 2.26. The summed E-state index contributed by atoms with van der Waals surface area (Å²) in [6.07, 6.45) is 5.15. The molecule has 1 saturated heterocycles. The summed E-state index contributed by atoms with van der Waals surface area (Å²) in [6.45, 7) is 5.51. The third-order valence-electron chi connectivity index (χ3n) is 3.57. The van der Waals surface area contributed by atoms with Gasteiger partial charge in [0.15, 0.2) is 0 Å². The molecule has 1 heterocycles. The minimum Gasteiger partial charge on any atom is -0.329 e. The molecule has 1 rings (SSSR count). The quantitative estimate of drug-likeness (QED) is 0.743. The van der Waals surface area contributed by atoms with Gasteiger partial charge in [-0.25, -0.2) is 0 Å². The van der Waals surface area contributed by atoms with E-state index in [0.29, 0.717) is 6.04 Å². The Labute approximate surface area is 94.6 Å². The van der Waals surface area contributed by atoms with Crippen molar-refractivity contribution in [1.29, 1.82) is 0 Å². The Balaban J connectivity index is 2.46. The lowest BCUT2D eigenvalue weighted by atomic mass is 10.0. The monoisotopic (exact) mass is 213 g/mol. The molecule has 0 saturated carbocycles. The molecule has 3 heteroatoms. The van der Waals surface area contributed by atoms with Crippen molar-refractivity contribution in [2.75, 3.05) is 33.7 Å². The van der Waals surface area contributed by atoms with Gasteiger partial charge in [0.25, 0.3) is 0 Å². The van der Waals surface area contributed by atoms with Crippen LogP contribution in [0.1, 0.15) is 32.6 Å². The highest BCUT2D eigenvalue weighted by molar-refractivity contribution is 4.82. The fraction of sp³-hybridized carbons (Fsp3) is 1.00. The third kappa shape index (κ3) is 3.74. The molecule has 0 bridgehead atoms. The number of piperidine rings is 1. The van der Waals surface area contributed by atoms with Crippen LogP contribution in [-0.4, -0.2) is 55.6 Å². The number of rotatable bonds is 5. The van der Waals surface area contributed by atoms with E-state index < -0.39 is 0 Å². The van der Waals surface area contributed by atoms with Gasteiger partial charge >= 0.3 is 0 Å². The molecule has 1 aliphatic rings. The summed E-state index contributed by atoms with van der Waals surface area (Å²) < 4.78 is 0. The maximum atomic E-state index is 5.86. The van der Waals surface area contributed by atoms with Gasteiger partial charge in [-0.1, -0.05) is 13.3 Å². The van der Waals surface area contributed by atoms with E-state index in [4.69, 9.17) is 5.73 Å². The van der Waals surface area contributed by atoms with E-state index in [1.54, 1.807) is 0 Å². The molecule has 1 aliphatic heterocycles. The summed E-state index contributed by atoms with van der Waals surface area (Å²) in [5.41, 5.74) is 5.86. The van der Waals surface area contributed by atoms with Crippen LogP contribution in [0.25, 0.3) is 0 Å². The second-order valence-corrected chi connectivity index (χ2v) is 4.93. The van der Waals surface area contributed by atoms with Crippen LogP contribution in [0, 0.1) is 0 Å². The van der Waals surface area contributed by atoms with Gasteiger partial charge in [-0.05, 0) is 39.9 Å². The van der Waals surface area contributed by atoms with E-state index in [1.165, 1.54) is 38.8 Å². The lowest BCUT2D eigenvalue weighted by Gasteiger charge is -2.40. The molecule has 0 aliphatic carbocycles. The Morgan fingerprint density at radius 2 is 2.20 bits per heavy atom. The van der Waals surface area contributed by atoms with E-state index in [0.717, 1.165) is 12.6 Å². The van der Waals surface area contributed by atoms with Crippen molar-refractivity contribution < 1.29 is 0 Å². The highest BCUT2D eigenvalue weighted by atomic mass is 15.2. The number of hydrogen-bond acceptors (Lipinski definition) is 3. The van der Waals surface area contributed by atoms with Crippen molar-refractivity contribution in [2.24, 2.45) is 5.73 Å². The predicted octanol–water partition coefficient (Wildman–Crippen LogP) is 1.14. The van der Waals surface area contributed by atoms with Crippen LogP contribution >= 0.6 is 0 Å². The molecule has 2 unspecified atom stereocenters. The van der Waals surface area contributed by atoms with E-state index in [-0.39, 0.29) is 0 Å². The van der Waals surface area contributed by atoms with Gasteiger partial charge in [-0.15, -0.1) is 0 Å². The Hall–Kier alpha value is -0.120. The van der Waals surface area contributed by atoms with E-state index in [2.05, 4.69) is 30.8 Å². The van der Waals surface area contributed by atoms with Crippen molar-refractivity contribution in [1.82, 2.24) is 9.80 Å². The molecule has 2 N–H and O–H groups in total. The predicted molar refractivity (Wildman–Crippen MR) is 66.0 cm³/mol. The zero-order valence-corrected chi connectivity index (χ0v) is 10.6. The third-order valence-corrected chi connectivity index (χ3v) is 3.57. The highest BCUT2D eigenvalue weighted by Crippen LogP contribution is 2.17. The van der Waals surface area contributed by atoms with Crippen molar-refractivity contribution in [3.63, 3.8) is 0 Å². The van der Waals surface area contributed by atoms with Gasteiger partial charge in [0.05, 0.1) is 0 Å². The Morgan fingerprint density at radius 3 is 2.73 bits per heavy atom. The first-order valence-electron chi connectivity index (χ1n) is 6.29. The largest absolute Gasteiger partial charge is 0.329 e. The summed E-state index contributed by atoms with van der Waals surface area (Å²) in [7, 11) is 4.37. The molecular weight excluding hydrogens is 186 g/mol. The smallest absolute Gasteiger partial charge is 0.0218 e. The van der Waals surface area contributed by atoms with Gasteiger partial charge in [0, 0.05) is 25.2 Å². The maximum Gasteiger partial charge on any atom is 0.0218 e. The standard InChI is InChI=1S/C12H27N3/c1-4-6-11(9-13)15-8-5-7-12(10-15)14(2)3/h11-12H,4-10,13H2,1-3H3. The number of hydrogen-bond donors (Lipinski definition) is 1. The molecule has 0 aromatic rings. The molecule has 0 radical (unpaired) electrons. The highest BCUT2D eigenvalue weighted by Gasteiger charge is 2.25. The molecule has 0 aromatic carbocycles. The zero-order valence-electron chi connectivity index (χ0n) is 10.6. The van der Waals surface area contributed by atoms with Crippen LogP contribution in [0.2, 0.25) is 0 Å². The first kappa shape index (κ1) is 12.9. The van der Waals surface area contributed by atoms with Gasteiger partial charge < -0.3 is 10.6 Å². The number of nitrogens with zero attached hydrogens (tertiary/aromatic N) is 2. The van der Waals surface area contributed by atoms with E-state index in [9.17, 15) is 0 Å². The Morgan fingerprint density at radius 1 is 1.47 bits per heavy atom. The lowest BCUT2D eigenvalue weighted by Crippen LogP contribution is -2.51. The molecule has 15 heavy (non-hydrogen) atoms. The second-order valence-electron chi connectivity index (χ2n) is 4.93. The molecule has 90 valence electrons. The van der Waals surface area contributed by atoms with Crippen LogP contribution in [0.3, 0.4) is 0 Å². The van der Waals surface area contributed by atoms with Crippen molar-refractivity contribution in [3.05, 3.63) is 0 Å². The molecule has 0 amide bonds. The summed E-state index contributed by atoms with van der Waals surface area (Å²) in [5, 5.41) is 0. The number of likely N-dealkylation sites (tertiary alicyclic amines) is 1. The lowest BCUT2D eigenvalue weighted by molar-refractivity contribution is 0.0944. The average molecular weight is 213 g/mol. The number of likely N-dealkylation sites (N-methyl/N-ethyl adjacent to an activating group) is 1. The topological polar surface area (TPSA) is 32.5 Å². The number of nitrogens with two attached hydrogens (primary N) is 1. The summed E-state index contributed by atoms with van der Waals surface area (Å²) in [5.74, 6) is 0. The summed E-state index contributed by atoms with van der Waals surface area (Å²) >= 11 is 0. The molecular formula is C12H27N3. The van der Waals surface area contributed by atoms with Gasteiger partial charge in [0.1, 0.15) is 0 Å². The van der Waals surface area contributed by atoms with Crippen LogP contribution in [-0.2, 0) is 0 Å². The maximum absolute atomic E-state index is 5.86. The summed E-state index contributed by atoms with van der Waals surface area (Å²) in [6, 6.07) is 1.34. The normalized spacial score (nSPS) is 25.8. The first-order valence-corrected chi connectivity index (χ1v) is 6.29. The van der Waals surface area contributed by atoms with Crippen molar-refractivity contribution >= 4 is 0 Å². The fourth-order valence-corrected chi connectivity index (χ4v) is 2.52. The van der Waals surface area contributed by atoms with Crippen LogP contribution in [0.5, 0.6) is 0 Å². The molecule has 2 atom stereocenters. The van der Waals surface area contributed by atoms with Gasteiger partial charge in [0.2, 0.25) is 0 Å². The second kappa shape index (κ2) is 6.46. The van der Waals surface area contributed by atoms with Crippen molar-refractivity contribution in [3.8, 4) is 0 Å². The Kier molecular flexibility index (Phi) is 5.58. The van der Waals surface area contributed by atoms with Crippen LogP contribution < -0.4 is 5.73 Å². The molecule has 1 fully saturated rings. The van der Waals surface area contributed by atoms with Gasteiger partial charge in [-0.3, -0.25) is 4.90 Å². The molecule has 3 nitrogen and oxygen atoms in total. The minimum absolute atomic E-state index is 0.609. The van der Waals surface area contributed by atoms with Crippen LogP contribution in [0.15, 0.2) is 0 Å². The minimum atomic E-state index is 0.609. The SMILES string of the molecule is CCCC(CN)N1CCCC(N(C)C)C1. The van der Waals surface area contributed by atoms with E-state index in [1.807, 2.05) is 0 Å².